The van der Waals surface area contributed by atoms with E-state index >= 15 is 0 Å². The van der Waals surface area contributed by atoms with Crippen LogP contribution in [0.15, 0.2) is 30.3 Å². The van der Waals surface area contributed by atoms with Crippen LogP contribution in [0.3, 0.4) is 0 Å². The fourth-order valence-electron chi connectivity index (χ4n) is 2.33. The van der Waals surface area contributed by atoms with Crippen molar-refractivity contribution in [1.29, 1.82) is 0 Å². The van der Waals surface area contributed by atoms with E-state index in [0.29, 0.717) is 19.1 Å². The lowest BCUT2D eigenvalue weighted by Crippen LogP contribution is -2.32. The number of carbonyl (C=O) groups is 1. The summed E-state index contributed by atoms with van der Waals surface area (Å²) in [5.41, 5.74) is 6.38. The number of rotatable bonds is 6. The minimum Gasteiger partial charge on any atom is -0.376 e. The van der Waals surface area contributed by atoms with Gasteiger partial charge in [-0.05, 0) is 24.4 Å². The Kier molecular flexibility index (Phi) is 4.73. The molecule has 4 nitrogen and oxygen atoms in total. The standard InChI is InChI=1S/C14H20N2O2/c15-14(17)9-16-7-6-13(8-16)11-18-10-12-4-2-1-3-5-12/h1-5,13H,6-11H2,(H2,15,17)/t13-/m1/s1. The molecular formula is C14H20N2O2. The first kappa shape index (κ1) is 13.1. The van der Waals surface area contributed by atoms with Gasteiger partial charge in [0.05, 0.1) is 19.8 Å². The van der Waals surface area contributed by atoms with Crippen molar-refractivity contribution < 1.29 is 9.53 Å². The van der Waals surface area contributed by atoms with Crippen LogP contribution >= 0.6 is 0 Å². The molecule has 0 bridgehead atoms. The van der Waals surface area contributed by atoms with Gasteiger partial charge in [-0.1, -0.05) is 30.3 Å². The summed E-state index contributed by atoms with van der Waals surface area (Å²) >= 11 is 0. The van der Waals surface area contributed by atoms with E-state index in [1.807, 2.05) is 18.2 Å². The van der Waals surface area contributed by atoms with E-state index in [0.717, 1.165) is 26.1 Å². The van der Waals surface area contributed by atoms with Crippen LogP contribution in [-0.4, -0.2) is 37.0 Å². The number of ether oxygens (including phenoxy) is 1. The Morgan fingerprint density at radius 3 is 2.89 bits per heavy atom. The smallest absolute Gasteiger partial charge is 0.231 e. The van der Waals surface area contributed by atoms with Crippen LogP contribution in [0.5, 0.6) is 0 Å². The van der Waals surface area contributed by atoms with Crippen LogP contribution < -0.4 is 5.73 Å². The third-order valence-corrected chi connectivity index (χ3v) is 3.21. The highest BCUT2D eigenvalue weighted by molar-refractivity contribution is 5.75. The van der Waals surface area contributed by atoms with E-state index in [9.17, 15) is 4.79 Å². The predicted molar refractivity (Wildman–Crippen MR) is 69.8 cm³/mol. The summed E-state index contributed by atoms with van der Waals surface area (Å²) in [6.45, 7) is 3.65. The Morgan fingerprint density at radius 2 is 2.17 bits per heavy atom. The maximum Gasteiger partial charge on any atom is 0.231 e. The highest BCUT2D eigenvalue weighted by Gasteiger charge is 2.23. The summed E-state index contributed by atoms with van der Waals surface area (Å²) in [6, 6.07) is 10.2. The van der Waals surface area contributed by atoms with E-state index in [1.54, 1.807) is 0 Å². The summed E-state index contributed by atoms with van der Waals surface area (Å²) in [6.07, 6.45) is 1.09. The van der Waals surface area contributed by atoms with Crippen molar-refractivity contribution in [3.8, 4) is 0 Å². The summed E-state index contributed by atoms with van der Waals surface area (Å²) in [5, 5.41) is 0. The molecule has 1 aliphatic heterocycles. The molecule has 0 aromatic heterocycles. The Bertz CT molecular complexity index is 381. The number of likely N-dealkylation sites (tertiary alicyclic amines) is 1. The molecule has 0 aliphatic carbocycles. The van der Waals surface area contributed by atoms with Gasteiger partial charge in [-0.3, -0.25) is 9.69 Å². The zero-order valence-corrected chi connectivity index (χ0v) is 10.5. The topological polar surface area (TPSA) is 55.6 Å². The molecule has 1 aromatic rings. The lowest BCUT2D eigenvalue weighted by atomic mass is 10.1. The Hall–Kier alpha value is -1.39. The van der Waals surface area contributed by atoms with Crippen LogP contribution in [0.2, 0.25) is 0 Å². The molecule has 1 saturated heterocycles. The first-order chi connectivity index (χ1) is 8.74. The average Bonchev–Trinajstić information content (AvgIpc) is 2.77. The Morgan fingerprint density at radius 1 is 1.39 bits per heavy atom. The normalized spacial score (nSPS) is 20.1. The second kappa shape index (κ2) is 6.52. The number of amides is 1. The third kappa shape index (κ3) is 4.13. The van der Waals surface area contributed by atoms with Crippen LogP contribution in [-0.2, 0) is 16.1 Å². The SMILES string of the molecule is NC(=O)CN1CC[C@@H](COCc2ccccc2)C1. The van der Waals surface area contributed by atoms with Gasteiger partial charge in [0.1, 0.15) is 0 Å². The molecule has 1 aliphatic rings. The zero-order chi connectivity index (χ0) is 12.8. The summed E-state index contributed by atoms with van der Waals surface area (Å²) in [4.78, 5) is 12.9. The van der Waals surface area contributed by atoms with Gasteiger partial charge >= 0.3 is 0 Å². The maximum absolute atomic E-state index is 10.8. The van der Waals surface area contributed by atoms with E-state index in [1.165, 1.54) is 5.56 Å². The minimum absolute atomic E-state index is 0.249. The van der Waals surface area contributed by atoms with E-state index in [2.05, 4.69) is 17.0 Å². The second-order valence-corrected chi connectivity index (χ2v) is 4.86. The van der Waals surface area contributed by atoms with Gasteiger partial charge in [-0.15, -0.1) is 0 Å². The number of hydrogen-bond acceptors (Lipinski definition) is 3. The van der Waals surface area contributed by atoms with Gasteiger partial charge in [0.2, 0.25) is 5.91 Å². The van der Waals surface area contributed by atoms with Crippen molar-refractivity contribution in [2.75, 3.05) is 26.2 Å². The number of benzene rings is 1. The minimum atomic E-state index is -0.249. The van der Waals surface area contributed by atoms with Crippen molar-refractivity contribution in [1.82, 2.24) is 4.90 Å². The third-order valence-electron chi connectivity index (χ3n) is 3.21. The lowest BCUT2D eigenvalue weighted by Gasteiger charge is -2.13. The van der Waals surface area contributed by atoms with E-state index < -0.39 is 0 Å². The molecule has 1 fully saturated rings. The van der Waals surface area contributed by atoms with E-state index in [4.69, 9.17) is 10.5 Å². The number of hydrogen-bond donors (Lipinski definition) is 1. The number of carbonyl (C=O) groups excluding carboxylic acids is 1. The predicted octanol–water partition coefficient (Wildman–Crippen LogP) is 1.01. The molecule has 2 N–H and O–H groups in total. The number of nitrogens with two attached hydrogens (primary N) is 1. The molecule has 98 valence electrons. The van der Waals surface area contributed by atoms with Crippen molar-refractivity contribution in [3.05, 3.63) is 35.9 Å². The molecule has 0 spiro atoms. The Labute approximate surface area is 108 Å². The fraction of sp³-hybridized carbons (Fsp3) is 0.500. The zero-order valence-electron chi connectivity index (χ0n) is 10.5. The molecular weight excluding hydrogens is 228 g/mol. The maximum atomic E-state index is 10.8. The van der Waals surface area contributed by atoms with Crippen LogP contribution in [0.25, 0.3) is 0 Å². The summed E-state index contributed by atoms with van der Waals surface area (Å²) in [5.74, 6) is 0.272. The van der Waals surface area contributed by atoms with Gasteiger partial charge in [0, 0.05) is 6.54 Å². The molecule has 1 amide bonds. The molecule has 0 unspecified atom stereocenters. The highest BCUT2D eigenvalue weighted by atomic mass is 16.5. The molecule has 2 rings (SSSR count). The largest absolute Gasteiger partial charge is 0.376 e. The van der Waals surface area contributed by atoms with Gasteiger partial charge < -0.3 is 10.5 Å². The van der Waals surface area contributed by atoms with Crippen molar-refractivity contribution in [2.45, 2.75) is 13.0 Å². The van der Waals surface area contributed by atoms with Crippen LogP contribution in [0.1, 0.15) is 12.0 Å². The van der Waals surface area contributed by atoms with Crippen LogP contribution in [0, 0.1) is 5.92 Å². The lowest BCUT2D eigenvalue weighted by molar-refractivity contribution is -0.118. The van der Waals surface area contributed by atoms with Crippen molar-refractivity contribution in [3.63, 3.8) is 0 Å². The number of nitrogens with zero attached hydrogens (tertiary/aromatic N) is 1. The molecule has 4 heteroatoms. The monoisotopic (exact) mass is 248 g/mol. The average molecular weight is 248 g/mol. The molecule has 1 atom stereocenters. The molecule has 0 saturated carbocycles. The number of primary amides is 1. The van der Waals surface area contributed by atoms with Crippen molar-refractivity contribution in [2.24, 2.45) is 11.7 Å². The van der Waals surface area contributed by atoms with Gasteiger partial charge in [0.25, 0.3) is 0 Å². The van der Waals surface area contributed by atoms with Crippen LogP contribution in [0.4, 0.5) is 0 Å². The van der Waals surface area contributed by atoms with Gasteiger partial charge in [-0.2, -0.15) is 0 Å². The molecule has 0 radical (unpaired) electrons. The van der Waals surface area contributed by atoms with Crippen molar-refractivity contribution >= 4 is 5.91 Å². The molecule has 18 heavy (non-hydrogen) atoms. The van der Waals surface area contributed by atoms with Gasteiger partial charge in [-0.25, -0.2) is 0 Å². The fourth-order valence-corrected chi connectivity index (χ4v) is 2.33. The first-order valence-electron chi connectivity index (χ1n) is 6.36. The molecule has 1 aromatic carbocycles. The van der Waals surface area contributed by atoms with E-state index in [-0.39, 0.29) is 5.91 Å². The summed E-state index contributed by atoms with van der Waals surface area (Å²) in [7, 11) is 0. The highest BCUT2D eigenvalue weighted by Crippen LogP contribution is 2.16. The Balaban J connectivity index is 1.65. The summed E-state index contributed by atoms with van der Waals surface area (Å²) < 4.78 is 5.71. The second-order valence-electron chi connectivity index (χ2n) is 4.86. The molecule has 1 heterocycles. The van der Waals surface area contributed by atoms with Gasteiger partial charge in [0.15, 0.2) is 0 Å². The quantitative estimate of drug-likeness (QED) is 0.817. The first-order valence-corrected chi connectivity index (χ1v) is 6.36.